The van der Waals surface area contributed by atoms with Gasteiger partial charge in [-0.25, -0.2) is 0 Å². The van der Waals surface area contributed by atoms with E-state index in [0.29, 0.717) is 0 Å². The first-order valence-electron chi connectivity index (χ1n) is 0.974. The molecule has 0 aromatic carbocycles. The summed E-state index contributed by atoms with van der Waals surface area (Å²) >= 11 is 5.00. The van der Waals surface area contributed by atoms with Crippen LogP contribution in [0.25, 0.3) is 0 Å². The molecule has 0 aliphatic rings. The fourth-order valence-corrected chi connectivity index (χ4v) is 0. The van der Waals surface area contributed by atoms with Crippen LogP contribution in [0.4, 0.5) is 0 Å². The Hall–Kier alpha value is 1.06. The van der Waals surface area contributed by atoms with Crippen molar-refractivity contribution < 1.29 is 2.85 Å². The summed E-state index contributed by atoms with van der Waals surface area (Å²) < 4.78 is 0. The van der Waals surface area contributed by atoms with Crippen molar-refractivity contribution in [3.05, 3.63) is 0 Å². The van der Waals surface area contributed by atoms with Crippen LogP contribution < -0.4 is 0 Å². The Morgan fingerprint density at radius 1 is 2.00 bits per heavy atom. The van der Waals surface area contributed by atoms with E-state index in [1.54, 1.807) is 0 Å². The molecule has 0 fully saturated rings. The van der Waals surface area contributed by atoms with Gasteiger partial charge in [0.25, 0.3) is 0 Å². The van der Waals surface area contributed by atoms with Crippen molar-refractivity contribution in [1.82, 2.24) is 0 Å². The Kier molecular flexibility index (Phi) is 20.0. The van der Waals surface area contributed by atoms with Crippen LogP contribution in [-0.2, 0) is 0 Å². The molecule has 0 aliphatic heterocycles. The molecule has 2 heteroatoms. The Morgan fingerprint density at radius 2 is 2.00 bits per heavy atom. The fourth-order valence-electron chi connectivity index (χ4n) is 0. The maximum Gasteiger partial charge on any atom is 2.00 e. The molecule has 0 atom stereocenters. The molecular weight excluding hydrogens is 83.8 g/mol. The minimum absolute atomic E-state index is 0. The van der Waals surface area contributed by atoms with E-state index in [1.165, 1.54) is 0 Å². The van der Waals surface area contributed by atoms with E-state index in [2.05, 4.69) is 0 Å². The molecule has 0 N–H and O–H groups in total. The number of rotatable bonds is 0. The summed E-state index contributed by atoms with van der Waals surface area (Å²) in [7, 11) is 0. The zero-order valence-electron chi connectivity index (χ0n) is 4.79. The second-order valence-corrected chi connectivity index (χ2v) is 0.802. The molecule has 0 radical (unpaired) electrons. The van der Waals surface area contributed by atoms with Gasteiger partial charge in [0.2, 0.25) is 0 Å². The number of alkyl halides is 1. The van der Waals surface area contributed by atoms with Crippen molar-refractivity contribution in [2.75, 3.05) is 5.88 Å². The van der Waals surface area contributed by atoms with Gasteiger partial charge in [0.05, 0.1) is 0 Å². The first kappa shape index (κ1) is 8.91. The number of halogens is 1. The molecule has 0 unspecified atom stereocenters. The summed E-state index contributed by atoms with van der Waals surface area (Å²) in [6.07, 6.45) is 0. The number of hydrogen-bond donors (Lipinski definition) is 0. The van der Waals surface area contributed by atoms with Crippen LogP contribution in [0.5, 0.6) is 0 Å². The van der Waals surface area contributed by atoms with Crippen molar-refractivity contribution in [3.8, 4) is 0 Å². The minimum atomic E-state index is 0. The molecule has 0 saturated heterocycles. The molecule has 0 saturated carbocycles. The van der Waals surface area contributed by atoms with E-state index in [-0.39, 0.29) is 25.9 Å². The number of hydrogen-bond acceptors (Lipinski definition) is 0. The van der Waals surface area contributed by atoms with Crippen LogP contribution in [0.2, 0.25) is 0 Å². The van der Waals surface area contributed by atoms with Gasteiger partial charge >= 0.3 is 23.1 Å². The van der Waals surface area contributed by atoms with E-state index in [9.17, 15) is 0 Å². The quantitative estimate of drug-likeness (QED) is 0.309. The Balaban J connectivity index is -0.00000000667. The first-order chi connectivity index (χ1) is 1.41. The maximum absolute atomic E-state index is 5.00. The Labute approximate surface area is 50.6 Å². The SMILES string of the molecule is CCCl.[H-].[H-].[Mg+2]. The zero-order valence-corrected chi connectivity index (χ0v) is 4.96. The van der Waals surface area contributed by atoms with E-state index in [4.69, 9.17) is 11.6 Å². The summed E-state index contributed by atoms with van der Waals surface area (Å²) in [5.41, 5.74) is 0. The van der Waals surface area contributed by atoms with Crippen LogP contribution in [0.1, 0.15) is 9.78 Å². The molecule has 0 amide bonds. The topological polar surface area (TPSA) is 0 Å². The van der Waals surface area contributed by atoms with Gasteiger partial charge in [0.1, 0.15) is 0 Å². The van der Waals surface area contributed by atoms with Crippen molar-refractivity contribution in [2.45, 2.75) is 6.92 Å². The van der Waals surface area contributed by atoms with Gasteiger partial charge in [0.15, 0.2) is 0 Å². The van der Waals surface area contributed by atoms with E-state index in [1.807, 2.05) is 6.92 Å². The zero-order chi connectivity index (χ0) is 2.71. The molecule has 0 aromatic rings. The summed E-state index contributed by atoms with van der Waals surface area (Å²) in [5, 5.41) is 0. The third-order valence-corrected chi connectivity index (χ3v) is 0. The third kappa shape index (κ3) is 11.6. The predicted octanol–water partition coefficient (Wildman–Crippen LogP) is 1.09. The van der Waals surface area contributed by atoms with E-state index >= 15 is 0 Å². The third-order valence-electron chi connectivity index (χ3n) is 0. The van der Waals surface area contributed by atoms with Crippen molar-refractivity contribution in [3.63, 3.8) is 0 Å². The van der Waals surface area contributed by atoms with Crippen molar-refractivity contribution in [2.24, 2.45) is 0 Å². The molecule has 0 aliphatic carbocycles. The average molecular weight is 90.8 g/mol. The Bertz CT molecular complexity index is 11.5. The Morgan fingerprint density at radius 3 is 2.00 bits per heavy atom. The molecule has 0 aromatic heterocycles. The molecule has 24 valence electrons. The molecule has 0 bridgehead atoms. The van der Waals surface area contributed by atoms with Gasteiger partial charge in [-0.2, -0.15) is 0 Å². The molecule has 0 heterocycles. The van der Waals surface area contributed by atoms with Gasteiger partial charge in [-0.3, -0.25) is 0 Å². The van der Waals surface area contributed by atoms with Crippen LogP contribution in [0.15, 0.2) is 0 Å². The van der Waals surface area contributed by atoms with Crippen LogP contribution >= 0.6 is 11.6 Å². The smallest absolute Gasteiger partial charge is 1.00 e. The van der Waals surface area contributed by atoms with Crippen LogP contribution in [0.3, 0.4) is 0 Å². The molecule has 0 nitrogen and oxygen atoms in total. The second kappa shape index (κ2) is 8.96. The average Bonchev–Trinajstić information content (AvgIpc) is 0.918. The second-order valence-electron chi connectivity index (χ2n) is 0.267. The molecule has 4 heavy (non-hydrogen) atoms. The van der Waals surface area contributed by atoms with Gasteiger partial charge in [0, 0.05) is 5.88 Å². The van der Waals surface area contributed by atoms with Crippen molar-refractivity contribution >= 4 is 34.7 Å². The van der Waals surface area contributed by atoms with Gasteiger partial charge in [-0.15, -0.1) is 11.6 Å². The molecular formula is C2H7ClMg. The normalized spacial score (nSPS) is 4.50. The van der Waals surface area contributed by atoms with E-state index < -0.39 is 0 Å². The molecule has 0 rings (SSSR count). The summed E-state index contributed by atoms with van der Waals surface area (Å²) in [6, 6.07) is 0. The monoisotopic (exact) mass is 90.0 g/mol. The van der Waals surface area contributed by atoms with Crippen LogP contribution in [0, 0.1) is 0 Å². The first-order valence-corrected chi connectivity index (χ1v) is 1.51. The van der Waals surface area contributed by atoms with Gasteiger partial charge < -0.3 is 2.85 Å². The predicted molar refractivity (Wildman–Crippen MR) is 24.4 cm³/mol. The van der Waals surface area contributed by atoms with Gasteiger partial charge in [-0.1, -0.05) is 6.92 Å². The standard InChI is InChI=1S/C2H5Cl.Mg.2H/c1-2-3;;;/h2H2,1H3;;;/q;+2;2*-1. The van der Waals surface area contributed by atoms with Gasteiger partial charge in [-0.05, 0) is 0 Å². The summed E-state index contributed by atoms with van der Waals surface area (Å²) in [5.74, 6) is 0.722. The summed E-state index contributed by atoms with van der Waals surface area (Å²) in [6.45, 7) is 1.89. The summed E-state index contributed by atoms with van der Waals surface area (Å²) in [4.78, 5) is 0. The van der Waals surface area contributed by atoms with Crippen LogP contribution in [-0.4, -0.2) is 28.9 Å². The fraction of sp³-hybridized carbons (Fsp3) is 1.00. The minimum Gasteiger partial charge on any atom is -1.00 e. The largest absolute Gasteiger partial charge is 2.00 e. The van der Waals surface area contributed by atoms with Crippen molar-refractivity contribution in [1.29, 1.82) is 0 Å². The van der Waals surface area contributed by atoms with E-state index in [0.717, 1.165) is 5.88 Å². The maximum atomic E-state index is 5.00. The molecule has 0 spiro atoms.